The molecule has 2 aliphatic rings. The van der Waals surface area contributed by atoms with E-state index in [9.17, 15) is 9.59 Å². The van der Waals surface area contributed by atoms with Crippen molar-refractivity contribution in [2.45, 2.75) is 44.6 Å². The van der Waals surface area contributed by atoms with Crippen LogP contribution < -0.4 is 4.74 Å². The van der Waals surface area contributed by atoms with Crippen molar-refractivity contribution in [3.8, 4) is 5.75 Å². The summed E-state index contributed by atoms with van der Waals surface area (Å²) in [5, 5.41) is 0.558. The number of amides is 1. The molecule has 2 aromatic carbocycles. The summed E-state index contributed by atoms with van der Waals surface area (Å²) in [5.74, 6) is 0.907. The molecular weight excluding hydrogens is 374 g/mol. The highest BCUT2D eigenvalue weighted by Gasteiger charge is 2.44. The maximum atomic E-state index is 12.7. The average Bonchev–Trinajstić information content (AvgIpc) is 2.69. The van der Waals surface area contributed by atoms with Crippen molar-refractivity contribution in [3.05, 3.63) is 64.2 Å². The number of carbonyl (C=O) groups is 2. The Labute approximate surface area is 170 Å². The van der Waals surface area contributed by atoms with Crippen molar-refractivity contribution in [2.24, 2.45) is 0 Å². The molecule has 0 aromatic heterocycles. The second-order valence-corrected chi connectivity index (χ2v) is 8.29. The number of ketones is 1. The number of aryl methyl sites for hydroxylation is 2. The van der Waals surface area contributed by atoms with Gasteiger partial charge in [0.25, 0.3) is 0 Å². The highest BCUT2D eigenvalue weighted by atomic mass is 35.5. The lowest BCUT2D eigenvalue weighted by atomic mass is 9.82. The molecule has 5 heteroatoms. The van der Waals surface area contributed by atoms with E-state index in [-0.39, 0.29) is 11.7 Å². The molecule has 2 aromatic rings. The molecule has 28 heavy (non-hydrogen) atoms. The van der Waals surface area contributed by atoms with Gasteiger partial charge in [0.2, 0.25) is 5.91 Å². The molecule has 0 unspecified atom stereocenters. The molecule has 0 radical (unpaired) electrons. The van der Waals surface area contributed by atoms with Gasteiger partial charge in [-0.05, 0) is 36.6 Å². The van der Waals surface area contributed by atoms with Crippen molar-refractivity contribution in [1.82, 2.24) is 4.90 Å². The Morgan fingerprint density at radius 1 is 1.18 bits per heavy atom. The van der Waals surface area contributed by atoms with Crippen molar-refractivity contribution in [1.29, 1.82) is 0 Å². The minimum absolute atomic E-state index is 0.0794. The highest BCUT2D eigenvalue weighted by Crippen LogP contribution is 2.42. The van der Waals surface area contributed by atoms with Crippen molar-refractivity contribution < 1.29 is 14.3 Å². The van der Waals surface area contributed by atoms with Gasteiger partial charge in [-0.2, -0.15) is 0 Å². The van der Waals surface area contributed by atoms with E-state index in [0.29, 0.717) is 55.1 Å². The standard InChI is InChI=1S/C23H24ClNO3/c1-16-13-18(24)14-19-20(26)15-23(28-22(16)19)9-11-25(12-10-23)21(27)8-7-17-5-3-2-4-6-17/h2-6,13-14H,7-12,15H2,1H3. The number of likely N-dealkylation sites (tertiary alicyclic amines) is 1. The summed E-state index contributed by atoms with van der Waals surface area (Å²) in [7, 11) is 0. The lowest BCUT2D eigenvalue weighted by molar-refractivity contribution is -0.134. The number of benzene rings is 2. The first-order valence-electron chi connectivity index (χ1n) is 9.80. The normalized spacial score (nSPS) is 17.9. The van der Waals surface area contributed by atoms with E-state index >= 15 is 0 Å². The number of hydrogen-bond donors (Lipinski definition) is 0. The molecule has 146 valence electrons. The minimum atomic E-state index is -0.501. The number of hydrogen-bond acceptors (Lipinski definition) is 3. The number of Topliss-reactive ketones (excluding diaryl/α,β-unsaturated/α-hetero) is 1. The van der Waals surface area contributed by atoms with Gasteiger partial charge in [0, 0.05) is 37.4 Å². The van der Waals surface area contributed by atoms with Crippen molar-refractivity contribution in [2.75, 3.05) is 13.1 Å². The molecule has 1 amide bonds. The number of nitrogens with zero attached hydrogens (tertiary/aromatic N) is 1. The molecule has 2 aliphatic heterocycles. The van der Waals surface area contributed by atoms with Gasteiger partial charge >= 0.3 is 0 Å². The van der Waals surface area contributed by atoms with Crippen molar-refractivity contribution >= 4 is 23.3 Å². The van der Waals surface area contributed by atoms with E-state index in [1.165, 1.54) is 5.56 Å². The molecule has 0 N–H and O–H groups in total. The van der Waals surface area contributed by atoms with Gasteiger partial charge in [-0.15, -0.1) is 0 Å². The van der Waals surface area contributed by atoms with Gasteiger partial charge in [0.05, 0.1) is 12.0 Å². The summed E-state index contributed by atoms with van der Waals surface area (Å²) >= 11 is 6.10. The zero-order chi connectivity index (χ0) is 19.7. The van der Waals surface area contributed by atoms with Gasteiger partial charge in [0.15, 0.2) is 5.78 Å². The lowest BCUT2D eigenvalue weighted by Crippen LogP contribution is -2.52. The Balaban J connectivity index is 1.39. The quantitative estimate of drug-likeness (QED) is 0.759. The summed E-state index contributed by atoms with van der Waals surface area (Å²) < 4.78 is 6.36. The first kappa shape index (κ1) is 19.0. The van der Waals surface area contributed by atoms with E-state index in [1.807, 2.05) is 48.2 Å². The third-order valence-corrected chi connectivity index (χ3v) is 6.06. The van der Waals surface area contributed by atoms with E-state index in [1.54, 1.807) is 6.07 Å². The Kier molecular flexibility index (Phi) is 5.15. The molecule has 0 bridgehead atoms. The van der Waals surface area contributed by atoms with Gasteiger partial charge in [-0.3, -0.25) is 9.59 Å². The zero-order valence-electron chi connectivity index (χ0n) is 16.0. The van der Waals surface area contributed by atoms with Crippen LogP contribution in [-0.4, -0.2) is 35.3 Å². The Morgan fingerprint density at radius 3 is 2.61 bits per heavy atom. The molecule has 4 nitrogen and oxygen atoms in total. The summed E-state index contributed by atoms with van der Waals surface area (Å²) in [6, 6.07) is 13.6. The molecule has 1 fully saturated rings. The van der Waals surface area contributed by atoms with Crippen LogP contribution in [0.3, 0.4) is 0 Å². The second kappa shape index (κ2) is 7.59. The summed E-state index contributed by atoms with van der Waals surface area (Å²) in [6.45, 7) is 3.17. The topological polar surface area (TPSA) is 46.6 Å². The molecule has 2 heterocycles. The first-order valence-corrected chi connectivity index (χ1v) is 10.2. The van der Waals surface area contributed by atoms with Crippen LogP contribution in [0, 0.1) is 6.92 Å². The summed E-state index contributed by atoms with van der Waals surface area (Å²) in [4.78, 5) is 27.2. The van der Waals surface area contributed by atoms with Crippen LogP contribution in [0.2, 0.25) is 5.02 Å². The maximum Gasteiger partial charge on any atom is 0.222 e. The first-order chi connectivity index (χ1) is 13.5. The van der Waals surface area contributed by atoms with Crippen LogP contribution in [0.5, 0.6) is 5.75 Å². The lowest BCUT2D eigenvalue weighted by Gasteiger charge is -2.44. The number of halogens is 1. The molecule has 4 rings (SSSR count). The Hall–Kier alpha value is -2.33. The van der Waals surface area contributed by atoms with Crippen molar-refractivity contribution in [3.63, 3.8) is 0 Å². The minimum Gasteiger partial charge on any atom is -0.486 e. The van der Waals surface area contributed by atoms with E-state index in [0.717, 1.165) is 12.0 Å². The number of piperidine rings is 1. The highest BCUT2D eigenvalue weighted by molar-refractivity contribution is 6.31. The van der Waals surface area contributed by atoms with E-state index < -0.39 is 5.60 Å². The maximum absolute atomic E-state index is 12.7. The molecule has 1 saturated heterocycles. The smallest absolute Gasteiger partial charge is 0.222 e. The number of rotatable bonds is 3. The van der Waals surface area contributed by atoms with Crippen LogP contribution in [0.1, 0.15) is 47.2 Å². The molecule has 0 saturated carbocycles. The van der Waals surface area contributed by atoms with Crippen LogP contribution in [0.25, 0.3) is 0 Å². The predicted molar refractivity (Wildman–Crippen MR) is 109 cm³/mol. The van der Waals surface area contributed by atoms with Crippen LogP contribution in [-0.2, 0) is 11.2 Å². The number of fused-ring (bicyclic) bond motifs is 1. The molecule has 0 aliphatic carbocycles. The SMILES string of the molecule is Cc1cc(Cl)cc2c1OC1(CCN(C(=O)CCc3ccccc3)CC1)CC2=O. The Morgan fingerprint density at radius 2 is 1.89 bits per heavy atom. The third kappa shape index (κ3) is 3.79. The van der Waals surface area contributed by atoms with E-state index in [4.69, 9.17) is 16.3 Å². The third-order valence-electron chi connectivity index (χ3n) is 5.84. The molecular formula is C23H24ClNO3. The fourth-order valence-electron chi connectivity index (χ4n) is 4.21. The number of carbonyl (C=O) groups excluding carboxylic acids is 2. The average molecular weight is 398 g/mol. The number of ether oxygens (including phenoxy) is 1. The van der Waals surface area contributed by atoms with Gasteiger partial charge in [-0.25, -0.2) is 0 Å². The van der Waals surface area contributed by atoms with Gasteiger partial charge < -0.3 is 9.64 Å². The predicted octanol–water partition coefficient (Wildman–Crippen LogP) is 4.61. The fraction of sp³-hybridized carbons (Fsp3) is 0.391. The largest absolute Gasteiger partial charge is 0.486 e. The van der Waals surface area contributed by atoms with Gasteiger partial charge in [-0.1, -0.05) is 41.9 Å². The van der Waals surface area contributed by atoms with Crippen LogP contribution in [0.4, 0.5) is 0 Å². The monoisotopic (exact) mass is 397 g/mol. The molecule has 0 atom stereocenters. The molecule has 1 spiro atoms. The summed E-state index contributed by atoms with van der Waals surface area (Å²) in [5.41, 5.74) is 2.14. The second-order valence-electron chi connectivity index (χ2n) is 7.85. The van der Waals surface area contributed by atoms with Crippen LogP contribution >= 0.6 is 11.6 Å². The van der Waals surface area contributed by atoms with Crippen LogP contribution in [0.15, 0.2) is 42.5 Å². The fourth-order valence-corrected chi connectivity index (χ4v) is 4.48. The van der Waals surface area contributed by atoms with Gasteiger partial charge in [0.1, 0.15) is 11.4 Å². The zero-order valence-corrected chi connectivity index (χ0v) is 16.8. The van der Waals surface area contributed by atoms with E-state index in [2.05, 4.69) is 0 Å². The Bertz CT molecular complexity index is 902. The summed E-state index contributed by atoms with van der Waals surface area (Å²) in [6.07, 6.45) is 2.97.